The van der Waals surface area contributed by atoms with Crippen molar-refractivity contribution in [2.24, 2.45) is 5.92 Å². The second kappa shape index (κ2) is 11.5. The Balaban J connectivity index is 1.76. The number of thiophene rings is 1. The van der Waals surface area contributed by atoms with Crippen molar-refractivity contribution in [1.82, 2.24) is 9.80 Å². The Bertz CT molecular complexity index is 1000. The minimum atomic E-state index is -0.253. The number of urea groups is 1. The van der Waals surface area contributed by atoms with Crippen molar-refractivity contribution in [3.8, 4) is 0 Å². The number of hydrogen-bond acceptors (Lipinski definition) is 3. The molecule has 0 aliphatic rings. The van der Waals surface area contributed by atoms with Gasteiger partial charge in [-0.1, -0.05) is 68.4 Å². The van der Waals surface area contributed by atoms with E-state index in [1.54, 1.807) is 16.2 Å². The van der Waals surface area contributed by atoms with Gasteiger partial charge in [0.15, 0.2) is 0 Å². The summed E-state index contributed by atoms with van der Waals surface area (Å²) in [4.78, 5) is 31.0. The summed E-state index contributed by atoms with van der Waals surface area (Å²) < 4.78 is 0. The van der Waals surface area contributed by atoms with Crippen LogP contribution < -0.4 is 5.32 Å². The molecule has 32 heavy (non-hydrogen) atoms. The zero-order chi connectivity index (χ0) is 22.9. The smallest absolute Gasteiger partial charge is 0.322 e. The second-order valence-corrected chi connectivity index (χ2v) is 9.37. The van der Waals surface area contributed by atoms with E-state index in [1.165, 1.54) is 0 Å². The third kappa shape index (κ3) is 6.95. The zero-order valence-electron chi connectivity index (χ0n) is 19.0. The van der Waals surface area contributed by atoms with Crippen molar-refractivity contribution in [3.63, 3.8) is 0 Å². The summed E-state index contributed by atoms with van der Waals surface area (Å²) in [7, 11) is 0. The number of nitrogens with zero attached hydrogens (tertiary/aromatic N) is 2. The van der Waals surface area contributed by atoms with Gasteiger partial charge < -0.3 is 15.1 Å². The molecule has 1 aromatic heterocycles. The molecule has 2 aromatic carbocycles. The van der Waals surface area contributed by atoms with Crippen molar-refractivity contribution in [3.05, 3.63) is 88.1 Å². The third-order valence-electron chi connectivity index (χ3n) is 5.08. The fourth-order valence-corrected chi connectivity index (χ4v) is 4.18. The second-order valence-electron chi connectivity index (χ2n) is 8.33. The Morgan fingerprint density at radius 2 is 1.62 bits per heavy atom. The van der Waals surface area contributed by atoms with Gasteiger partial charge in [-0.05, 0) is 41.5 Å². The molecule has 0 atom stereocenters. The van der Waals surface area contributed by atoms with E-state index in [2.05, 4.69) is 5.32 Å². The number of anilines is 1. The van der Waals surface area contributed by atoms with Crippen LogP contribution in [0.2, 0.25) is 0 Å². The van der Waals surface area contributed by atoms with Crippen molar-refractivity contribution < 1.29 is 9.59 Å². The maximum absolute atomic E-state index is 13.4. The van der Waals surface area contributed by atoms with Gasteiger partial charge in [0.1, 0.15) is 6.54 Å². The summed E-state index contributed by atoms with van der Waals surface area (Å²) in [5.41, 5.74) is 2.82. The fourth-order valence-electron chi connectivity index (χ4n) is 3.46. The lowest BCUT2D eigenvalue weighted by atomic mass is 10.2. The molecule has 5 nitrogen and oxygen atoms in total. The first-order chi connectivity index (χ1) is 15.4. The number of para-hydroxylation sites is 1. The van der Waals surface area contributed by atoms with Crippen LogP contribution in [0.3, 0.4) is 0 Å². The van der Waals surface area contributed by atoms with Crippen LogP contribution in [-0.2, 0) is 17.9 Å². The number of rotatable bonds is 9. The van der Waals surface area contributed by atoms with Crippen LogP contribution in [0, 0.1) is 12.8 Å². The van der Waals surface area contributed by atoms with E-state index in [0.717, 1.165) is 21.7 Å². The van der Waals surface area contributed by atoms with E-state index in [-0.39, 0.29) is 24.4 Å². The maximum Gasteiger partial charge on any atom is 0.322 e. The van der Waals surface area contributed by atoms with E-state index in [1.807, 2.05) is 97.8 Å². The SMILES string of the molecule is Cc1ccccc1NC(=O)N(CC(=O)N(Cc1ccccc1)Cc1cccs1)CC(C)C. The molecule has 0 spiro atoms. The molecule has 1 N–H and O–H groups in total. The maximum atomic E-state index is 13.4. The number of carbonyl (C=O) groups excluding carboxylic acids is 2. The molecule has 6 heteroatoms. The molecule has 3 amide bonds. The Hall–Kier alpha value is -3.12. The van der Waals surface area contributed by atoms with Gasteiger partial charge in [-0.2, -0.15) is 0 Å². The highest BCUT2D eigenvalue weighted by atomic mass is 32.1. The van der Waals surface area contributed by atoms with Gasteiger partial charge in [0, 0.05) is 23.7 Å². The zero-order valence-corrected chi connectivity index (χ0v) is 19.8. The van der Waals surface area contributed by atoms with E-state index >= 15 is 0 Å². The number of amides is 3. The first kappa shape index (κ1) is 23.5. The molecule has 0 radical (unpaired) electrons. The molecule has 168 valence electrons. The van der Waals surface area contributed by atoms with Crippen molar-refractivity contribution >= 4 is 29.0 Å². The highest BCUT2D eigenvalue weighted by Gasteiger charge is 2.23. The van der Waals surface area contributed by atoms with E-state index in [4.69, 9.17) is 0 Å². The number of carbonyl (C=O) groups is 2. The number of hydrogen-bond donors (Lipinski definition) is 1. The summed E-state index contributed by atoms with van der Waals surface area (Å²) in [6.07, 6.45) is 0. The Morgan fingerprint density at radius 1 is 0.906 bits per heavy atom. The fraction of sp³-hybridized carbons (Fsp3) is 0.308. The lowest BCUT2D eigenvalue weighted by Crippen LogP contribution is -2.45. The van der Waals surface area contributed by atoms with Crippen LogP contribution >= 0.6 is 11.3 Å². The summed E-state index contributed by atoms with van der Waals surface area (Å²) in [6, 6.07) is 21.4. The van der Waals surface area contributed by atoms with Gasteiger partial charge >= 0.3 is 6.03 Å². The monoisotopic (exact) mass is 449 g/mol. The summed E-state index contributed by atoms with van der Waals surface area (Å²) in [5, 5.41) is 4.99. The van der Waals surface area contributed by atoms with Crippen molar-refractivity contribution in [2.75, 3.05) is 18.4 Å². The Labute approximate surface area is 194 Å². The van der Waals surface area contributed by atoms with E-state index in [0.29, 0.717) is 19.6 Å². The largest absolute Gasteiger partial charge is 0.332 e. The van der Waals surface area contributed by atoms with Gasteiger partial charge in [-0.15, -0.1) is 11.3 Å². The highest BCUT2D eigenvalue weighted by Crippen LogP contribution is 2.17. The first-order valence-electron chi connectivity index (χ1n) is 10.9. The molecular weight excluding hydrogens is 418 g/mol. The number of nitrogens with one attached hydrogen (secondary N) is 1. The summed E-state index contributed by atoms with van der Waals surface area (Å²) >= 11 is 1.63. The third-order valence-corrected chi connectivity index (χ3v) is 5.94. The molecule has 3 rings (SSSR count). The normalized spacial score (nSPS) is 10.8. The molecule has 0 aliphatic carbocycles. The summed E-state index contributed by atoms with van der Waals surface area (Å²) in [5.74, 6) is 0.174. The molecule has 0 fully saturated rings. The Kier molecular flexibility index (Phi) is 8.45. The number of aryl methyl sites for hydroxylation is 1. The average Bonchev–Trinajstić information content (AvgIpc) is 3.28. The highest BCUT2D eigenvalue weighted by molar-refractivity contribution is 7.09. The van der Waals surface area contributed by atoms with Crippen molar-refractivity contribution in [2.45, 2.75) is 33.9 Å². The number of benzene rings is 2. The van der Waals surface area contributed by atoms with Crippen LogP contribution in [-0.4, -0.2) is 34.8 Å². The van der Waals surface area contributed by atoms with Gasteiger partial charge in [0.05, 0.1) is 6.54 Å². The molecule has 0 bridgehead atoms. The molecule has 0 aliphatic heterocycles. The minimum Gasteiger partial charge on any atom is -0.332 e. The molecule has 3 aromatic rings. The van der Waals surface area contributed by atoms with Crippen LogP contribution in [0.5, 0.6) is 0 Å². The van der Waals surface area contributed by atoms with Gasteiger partial charge in [0.2, 0.25) is 5.91 Å². The standard InChI is InChI=1S/C26H31N3O2S/c1-20(2)16-29(26(31)27-24-14-8-7-10-21(24)3)19-25(30)28(18-23-13-9-15-32-23)17-22-11-5-4-6-12-22/h4-15,20H,16-19H2,1-3H3,(H,27,31). The first-order valence-corrected chi connectivity index (χ1v) is 11.8. The van der Waals surface area contributed by atoms with Gasteiger partial charge in [-0.3, -0.25) is 4.79 Å². The molecule has 0 saturated heterocycles. The Morgan fingerprint density at radius 3 is 2.28 bits per heavy atom. The van der Waals surface area contributed by atoms with Crippen LogP contribution in [0.1, 0.15) is 29.9 Å². The molecule has 0 saturated carbocycles. The average molecular weight is 450 g/mol. The summed E-state index contributed by atoms with van der Waals surface area (Å²) in [6.45, 7) is 7.62. The topological polar surface area (TPSA) is 52.7 Å². The van der Waals surface area contributed by atoms with E-state index in [9.17, 15) is 9.59 Å². The predicted octanol–water partition coefficient (Wildman–Crippen LogP) is 5.78. The van der Waals surface area contributed by atoms with Crippen LogP contribution in [0.25, 0.3) is 0 Å². The lowest BCUT2D eigenvalue weighted by Gasteiger charge is -2.29. The van der Waals surface area contributed by atoms with Crippen molar-refractivity contribution in [1.29, 1.82) is 0 Å². The van der Waals surface area contributed by atoms with Gasteiger partial charge in [0.25, 0.3) is 0 Å². The van der Waals surface area contributed by atoms with Gasteiger partial charge in [-0.25, -0.2) is 4.79 Å². The lowest BCUT2D eigenvalue weighted by molar-refractivity contribution is -0.133. The predicted molar refractivity (Wildman–Crippen MR) is 132 cm³/mol. The minimum absolute atomic E-state index is 0.0358. The molecule has 0 unspecified atom stereocenters. The molecular formula is C26H31N3O2S. The van der Waals surface area contributed by atoms with Crippen LogP contribution in [0.15, 0.2) is 72.1 Å². The van der Waals surface area contributed by atoms with E-state index < -0.39 is 0 Å². The quantitative estimate of drug-likeness (QED) is 0.450. The van der Waals surface area contributed by atoms with Crippen LogP contribution in [0.4, 0.5) is 10.5 Å². The molecule has 1 heterocycles.